The topological polar surface area (TPSA) is 64.3 Å². The molecule has 3 N–H and O–H groups in total. The molecule has 78 valence electrons. The Hall–Kier alpha value is -0.770. The van der Waals surface area contributed by atoms with Gasteiger partial charge in [0, 0.05) is 0 Å². The first-order chi connectivity index (χ1) is 6.27. The van der Waals surface area contributed by atoms with Gasteiger partial charge in [-0.2, -0.15) is 0 Å². The number of unbranched alkanes of at least 4 members (excludes halogenated alkanes) is 5. The summed E-state index contributed by atoms with van der Waals surface area (Å²) in [5, 5.41) is 0. The summed E-state index contributed by atoms with van der Waals surface area (Å²) in [6.45, 7) is 2.74. The lowest BCUT2D eigenvalue weighted by Crippen LogP contribution is -2.29. The summed E-state index contributed by atoms with van der Waals surface area (Å²) >= 11 is 0. The third-order valence-electron chi connectivity index (χ3n) is 1.77. The Morgan fingerprint density at radius 2 is 1.85 bits per heavy atom. The van der Waals surface area contributed by atoms with Crippen LogP contribution >= 0.6 is 0 Å². The van der Waals surface area contributed by atoms with E-state index in [9.17, 15) is 4.79 Å². The van der Waals surface area contributed by atoms with Gasteiger partial charge in [0.25, 0.3) is 0 Å². The standard InChI is InChI=1S/C9H20N2O2/c1-2-3-4-5-6-7-8-13-11-9(10)12/h2-8H2,1H3,(H3,10,11,12). The predicted octanol–water partition coefficient (Wildman–Crippen LogP) is 1.95. The molecule has 0 bridgehead atoms. The number of rotatable bonds is 8. The first kappa shape index (κ1) is 12.2. The van der Waals surface area contributed by atoms with Crippen LogP contribution in [-0.2, 0) is 4.84 Å². The molecular formula is C9H20N2O2. The number of urea groups is 1. The Bertz CT molecular complexity index is 129. The van der Waals surface area contributed by atoms with E-state index in [1.807, 2.05) is 0 Å². The maximum Gasteiger partial charge on any atom is 0.336 e. The Kier molecular flexibility index (Phi) is 8.77. The first-order valence-corrected chi connectivity index (χ1v) is 4.94. The monoisotopic (exact) mass is 188 g/mol. The maximum atomic E-state index is 10.2. The van der Waals surface area contributed by atoms with Crippen LogP contribution in [0.3, 0.4) is 0 Å². The van der Waals surface area contributed by atoms with E-state index in [0.29, 0.717) is 6.61 Å². The van der Waals surface area contributed by atoms with Gasteiger partial charge in [-0.1, -0.05) is 39.0 Å². The van der Waals surface area contributed by atoms with Crippen LogP contribution in [0.15, 0.2) is 0 Å². The number of primary amides is 1. The summed E-state index contributed by atoms with van der Waals surface area (Å²) in [4.78, 5) is 14.9. The predicted molar refractivity (Wildman–Crippen MR) is 52.0 cm³/mol. The number of hydrogen-bond donors (Lipinski definition) is 2. The molecule has 2 amide bonds. The van der Waals surface area contributed by atoms with Crippen molar-refractivity contribution in [2.45, 2.75) is 45.4 Å². The number of hydroxylamine groups is 1. The van der Waals surface area contributed by atoms with Crippen molar-refractivity contribution in [1.29, 1.82) is 0 Å². The Morgan fingerprint density at radius 3 is 2.46 bits per heavy atom. The van der Waals surface area contributed by atoms with E-state index < -0.39 is 6.03 Å². The number of nitrogens with two attached hydrogens (primary N) is 1. The molecule has 0 unspecified atom stereocenters. The molecule has 0 atom stereocenters. The molecule has 0 heterocycles. The molecule has 4 nitrogen and oxygen atoms in total. The Labute approximate surface area is 79.8 Å². The van der Waals surface area contributed by atoms with E-state index in [1.165, 1.54) is 25.7 Å². The largest absolute Gasteiger partial charge is 0.350 e. The van der Waals surface area contributed by atoms with E-state index >= 15 is 0 Å². The maximum absolute atomic E-state index is 10.2. The van der Waals surface area contributed by atoms with Crippen LogP contribution < -0.4 is 11.2 Å². The zero-order valence-electron chi connectivity index (χ0n) is 8.34. The highest BCUT2D eigenvalue weighted by atomic mass is 16.7. The lowest BCUT2D eigenvalue weighted by Gasteiger charge is -2.02. The second kappa shape index (κ2) is 9.32. The molecule has 0 spiro atoms. The van der Waals surface area contributed by atoms with Crippen LogP contribution in [-0.4, -0.2) is 12.6 Å². The fourth-order valence-corrected chi connectivity index (χ4v) is 1.08. The zero-order chi connectivity index (χ0) is 9.94. The average Bonchev–Trinajstić information content (AvgIpc) is 2.09. The second-order valence-corrected chi connectivity index (χ2v) is 3.08. The van der Waals surface area contributed by atoms with Crippen molar-refractivity contribution >= 4 is 6.03 Å². The number of carbonyl (C=O) groups excluding carboxylic acids is 1. The number of amides is 2. The molecule has 0 aromatic carbocycles. The first-order valence-electron chi connectivity index (χ1n) is 4.94. The molecule has 0 rings (SSSR count). The van der Waals surface area contributed by atoms with Gasteiger partial charge < -0.3 is 5.73 Å². The summed E-state index contributed by atoms with van der Waals surface area (Å²) in [5.74, 6) is 0. The van der Waals surface area contributed by atoms with Crippen LogP contribution in [0.2, 0.25) is 0 Å². The third kappa shape index (κ3) is 11.2. The molecule has 0 aliphatic heterocycles. The van der Waals surface area contributed by atoms with E-state index in [1.54, 1.807) is 0 Å². The highest BCUT2D eigenvalue weighted by Crippen LogP contribution is 2.04. The zero-order valence-corrected chi connectivity index (χ0v) is 8.34. The number of carbonyl (C=O) groups is 1. The molecule has 13 heavy (non-hydrogen) atoms. The molecule has 0 saturated carbocycles. The van der Waals surface area contributed by atoms with E-state index in [0.717, 1.165) is 12.8 Å². The van der Waals surface area contributed by atoms with Crippen LogP contribution in [0.25, 0.3) is 0 Å². The highest BCUT2D eigenvalue weighted by molar-refractivity contribution is 5.70. The quantitative estimate of drug-likeness (QED) is 0.451. The third-order valence-corrected chi connectivity index (χ3v) is 1.77. The molecule has 0 aliphatic carbocycles. The molecule has 0 aliphatic rings. The van der Waals surface area contributed by atoms with Crippen molar-refractivity contribution in [3.63, 3.8) is 0 Å². The Balaban J connectivity index is 2.87. The van der Waals surface area contributed by atoms with Crippen LogP contribution in [0.1, 0.15) is 45.4 Å². The number of nitrogens with one attached hydrogen (secondary N) is 1. The minimum Gasteiger partial charge on any atom is -0.350 e. The van der Waals surface area contributed by atoms with Gasteiger partial charge in [0.15, 0.2) is 0 Å². The van der Waals surface area contributed by atoms with Crippen molar-refractivity contribution in [3.05, 3.63) is 0 Å². The van der Waals surface area contributed by atoms with E-state index in [4.69, 9.17) is 10.6 Å². The minimum atomic E-state index is -0.633. The van der Waals surface area contributed by atoms with Gasteiger partial charge in [-0.3, -0.25) is 4.84 Å². The minimum absolute atomic E-state index is 0.551. The smallest absolute Gasteiger partial charge is 0.336 e. The van der Waals surface area contributed by atoms with Gasteiger partial charge >= 0.3 is 6.03 Å². The van der Waals surface area contributed by atoms with Crippen molar-refractivity contribution in [1.82, 2.24) is 5.48 Å². The molecule has 0 fully saturated rings. The fourth-order valence-electron chi connectivity index (χ4n) is 1.08. The van der Waals surface area contributed by atoms with Crippen LogP contribution in [0.4, 0.5) is 4.79 Å². The van der Waals surface area contributed by atoms with Gasteiger partial charge in [0.2, 0.25) is 0 Å². The Morgan fingerprint density at radius 1 is 1.23 bits per heavy atom. The summed E-state index contributed by atoms with van der Waals surface area (Å²) in [6, 6.07) is -0.633. The van der Waals surface area contributed by atoms with Gasteiger partial charge in [-0.25, -0.2) is 10.3 Å². The van der Waals surface area contributed by atoms with E-state index in [2.05, 4.69) is 12.4 Å². The number of hydrogen-bond acceptors (Lipinski definition) is 2. The summed E-state index contributed by atoms with van der Waals surface area (Å²) in [5.41, 5.74) is 6.88. The molecule has 0 aromatic heterocycles. The van der Waals surface area contributed by atoms with Gasteiger partial charge in [0.05, 0.1) is 6.61 Å². The van der Waals surface area contributed by atoms with Crippen molar-refractivity contribution in [2.24, 2.45) is 5.73 Å². The van der Waals surface area contributed by atoms with Crippen molar-refractivity contribution < 1.29 is 9.63 Å². The lowest BCUT2D eigenvalue weighted by molar-refractivity contribution is 0.0616. The van der Waals surface area contributed by atoms with Gasteiger partial charge in [-0.15, -0.1) is 0 Å². The van der Waals surface area contributed by atoms with E-state index in [-0.39, 0.29) is 0 Å². The molecule has 4 heteroatoms. The molecular weight excluding hydrogens is 168 g/mol. The SMILES string of the molecule is CCCCCCCCONC(N)=O. The van der Waals surface area contributed by atoms with Crippen LogP contribution in [0, 0.1) is 0 Å². The second-order valence-electron chi connectivity index (χ2n) is 3.08. The highest BCUT2D eigenvalue weighted by Gasteiger charge is 1.92. The summed E-state index contributed by atoms with van der Waals surface area (Å²) < 4.78 is 0. The molecule has 0 aromatic rings. The lowest BCUT2D eigenvalue weighted by atomic mass is 10.1. The normalized spacial score (nSPS) is 9.92. The molecule has 0 radical (unpaired) electrons. The van der Waals surface area contributed by atoms with Crippen molar-refractivity contribution in [3.8, 4) is 0 Å². The van der Waals surface area contributed by atoms with Gasteiger partial charge in [-0.05, 0) is 6.42 Å². The fraction of sp³-hybridized carbons (Fsp3) is 0.889. The van der Waals surface area contributed by atoms with Gasteiger partial charge in [0.1, 0.15) is 0 Å². The summed E-state index contributed by atoms with van der Waals surface area (Å²) in [6.07, 6.45) is 7.23. The average molecular weight is 188 g/mol. The molecule has 0 saturated heterocycles. The van der Waals surface area contributed by atoms with Crippen LogP contribution in [0.5, 0.6) is 0 Å². The van der Waals surface area contributed by atoms with Crippen molar-refractivity contribution in [2.75, 3.05) is 6.61 Å². The summed E-state index contributed by atoms with van der Waals surface area (Å²) in [7, 11) is 0.